The van der Waals surface area contributed by atoms with Gasteiger partial charge in [-0.15, -0.1) is 22.9 Å². The zero-order valence-electron chi connectivity index (χ0n) is 41.5. The fourth-order valence-corrected chi connectivity index (χ4v) is 9.77. The first kappa shape index (κ1) is 53.8. The first-order chi connectivity index (χ1) is 36.5. The lowest BCUT2D eigenvalue weighted by molar-refractivity contribution is -0.384. The number of ether oxygens (including phenoxy) is 2. The molecule has 2 fully saturated rings. The number of nitrogens with zero attached hydrogens (tertiary/aromatic N) is 9. The molecule has 0 amide bonds. The van der Waals surface area contributed by atoms with Crippen molar-refractivity contribution >= 4 is 95.1 Å². The van der Waals surface area contributed by atoms with Crippen LogP contribution in [0.15, 0.2) is 144 Å². The summed E-state index contributed by atoms with van der Waals surface area (Å²) in [5, 5.41) is 37.6. The number of alkyl halides is 1. The molecule has 75 heavy (non-hydrogen) atoms. The largest absolute Gasteiger partial charge is 0.383 e. The van der Waals surface area contributed by atoms with Gasteiger partial charge in [0.15, 0.2) is 0 Å². The number of nitrogens with two attached hydrogens (primary N) is 1. The van der Waals surface area contributed by atoms with Gasteiger partial charge in [-0.3, -0.25) is 40.1 Å². The van der Waals surface area contributed by atoms with E-state index in [0.717, 1.165) is 148 Å². The highest BCUT2D eigenvalue weighted by Crippen LogP contribution is 2.26. The van der Waals surface area contributed by atoms with Crippen molar-refractivity contribution in [2.24, 2.45) is 10.7 Å². The fraction of sp³-hybridized carbons (Fsp3) is 0.315. The average molecular weight is 1060 g/mol. The highest BCUT2D eigenvalue weighted by atomic mass is 35.5. The van der Waals surface area contributed by atoms with Crippen molar-refractivity contribution in [1.82, 2.24) is 28.5 Å². The average Bonchev–Trinajstić information content (AvgIpc) is 4.31. The number of non-ortho nitro benzene ring substituents is 3. The Balaban J connectivity index is 0.000000138. The first-order valence-corrected chi connectivity index (χ1v) is 26.3. The Morgan fingerprint density at radius 1 is 0.587 bits per heavy atom. The summed E-state index contributed by atoms with van der Waals surface area (Å²) in [6, 6.07) is 32.7. The van der Waals surface area contributed by atoms with Gasteiger partial charge in [-0.1, -0.05) is 6.07 Å². The summed E-state index contributed by atoms with van der Waals surface area (Å²) in [5.74, 6) is 1.19. The standard InChI is InChI=1S/C20H24N4OS.C15H19N3O3.C11H11ClN2O2.C8H6N2O2/c21-20(19-3-1-14-26-19)22-17-4-5-18-16(15-17)6-9-24(18)8-2-7-23-10-12-25-13-11-23;19-18(20)14-2-3-15-13(12-14)4-7-17(15)6-1-5-16-8-10-21-11-9-16;12-5-1-6-13-7-4-9-8-10(14(15)16)2-3-11(9)13;11-10(12)7-1-2-8-6(5-7)3-4-9-8/h1,3-6,9,14-15H,2,7-8,10-13H2,(H2,21,22);2-4,7,12H,1,5-6,8-11H2;2-4,7-8H,1,5-6H2;1-5,9H. The summed E-state index contributed by atoms with van der Waals surface area (Å²) in [7, 11) is 0. The van der Waals surface area contributed by atoms with Crippen LogP contribution in [0.2, 0.25) is 0 Å². The maximum absolute atomic E-state index is 10.8. The Kier molecular flexibility index (Phi) is 19.1. The van der Waals surface area contributed by atoms with Crippen molar-refractivity contribution in [3.63, 3.8) is 0 Å². The molecule has 0 spiro atoms. The predicted octanol–water partition coefficient (Wildman–Crippen LogP) is 11.0. The summed E-state index contributed by atoms with van der Waals surface area (Å²) in [4.78, 5) is 44.0. The molecule has 0 atom stereocenters. The Morgan fingerprint density at radius 3 is 1.53 bits per heavy atom. The molecule has 19 nitrogen and oxygen atoms in total. The molecule has 392 valence electrons. The van der Waals surface area contributed by atoms with Crippen molar-refractivity contribution in [3.05, 3.63) is 175 Å². The fourth-order valence-electron chi connectivity index (χ4n) is 9.03. The summed E-state index contributed by atoms with van der Waals surface area (Å²) in [5.41, 5.74) is 11.6. The molecule has 2 aliphatic rings. The van der Waals surface area contributed by atoms with E-state index in [1.165, 1.54) is 23.0 Å². The van der Waals surface area contributed by atoms with Crippen LogP contribution in [-0.2, 0) is 29.1 Å². The molecule has 2 aliphatic heterocycles. The molecule has 7 heterocycles. The van der Waals surface area contributed by atoms with Gasteiger partial charge in [0.2, 0.25) is 0 Å². The van der Waals surface area contributed by atoms with Gasteiger partial charge in [-0.05, 0) is 91.4 Å². The number of rotatable bonds is 16. The van der Waals surface area contributed by atoms with E-state index in [0.29, 0.717) is 11.7 Å². The first-order valence-electron chi connectivity index (χ1n) is 24.8. The lowest BCUT2D eigenvalue weighted by atomic mass is 10.2. The molecule has 0 unspecified atom stereocenters. The van der Waals surface area contributed by atoms with Gasteiger partial charge in [-0.2, -0.15) is 0 Å². The number of aryl methyl sites for hydroxylation is 3. The number of H-pyrrole nitrogens is 1. The minimum absolute atomic E-state index is 0.127. The van der Waals surface area contributed by atoms with Crippen LogP contribution in [0, 0.1) is 30.3 Å². The van der Waals surface area contributed by atoms with E-state index in [2.05, 4.69) is 57.9 Å². The number of halogens is 1. The maximum atomic E-state index is 10.8. The van der Waals surface area contributed by atoms with Crippen molar-refractivity contribution in [1.29, 1.82) is 0 Å². The van der Waals surface area contributed by atoms with Crippen molar-refractivity contribution in [2.75, 3.05) is 71.6 Å². The second kappa shape index (κ2) is 26.7. The minimum atomic E-state index is -0.396. The third-order valence-corrected chi connectivity index (χ3v) is 14.1. The van der Waals surface area contributed by atoms with Gasteiger partial charge in [0.25, 0.3) is 17.1 Å². The number of nitro benzene ring substituents is 3. The number of nitrogens with one attached hydrogen (secondary N) is 1. The van der Waals surface area contributed by atoms with E-state index < -0.39 is 4.92 Å². The van der Waals surface area contributed by atoms with Gasteiger partial charge in [-0.25, -0.2) is 4.99 Å². The zero-order chi connectivity index (χ0) is 52.5. The van der Waals surface area contributed by atoms with E-state index in [9.17, 15) is 30.3 Å². The monoisotopic (exact) mass is 1060 g/mol. The van der Waals surface area contributed by atoms with E-state index >= 15 is 0 Å². The van der Waals surface area contributed by atoms with Gasteiger partial charge in [0, 0.05) is 170 Å². The Bertz CT molecular complexity index is 3340. The van der Waals surface area contributed by atoms with Crippen LogP contribution in [0.4, 0.5) is 22.7 Å². The summed E-state index contributed by atoms with van der Waals surface area (Å²) in [6.45, 7) is 12.5. The number of aromatic amines is 1. The minimum Gasteiger partial charge on any atom is -0.383 e. The van der Waals surface area contributed by atoms with E-state index in [4.69, 9.17) is 26.8 Å². The number of aliphatic imine (C=N–C) groups is 1. The Labute approximate surface area is 441 Å². The van der Waals surface area contributed by atoms with E-state index in [-0.39, 0.29) is 26.9 Å². The third kappa shape index (κ3) is 14.9. The van der Waals surface area contributed by atoms with Crippen LogP contribution < -0.4 is 5.73 Å². The van der Waals surface area contributed by atoms with Crippen molar-refractivity contribution < 1.29 is 24.2 Å². The van der Waals surface area contributed by atoms with Crippen LogP contribution in [0.25, 0.3) is 43.6 Å². The van der Waals surface area contributed by atoms with Gasteiger partial charge < -0.3 is 33.9 Å². The summed E-state index contributed by atoms with van der Waals surface area (Å²) in [6.07, 6.45) is 11.0. The normalized spacial score (nSPS) is 14.2. The Hall–Kier alpha value is -7.46. The van der Waals surface area contributed by atoms with Gasteiger partial charge >= 0.3 is 0 Å². The van der Waals surface area contributed by atoms with Gasteiger partial charge in [0.05, 0.1) is 51.8 Å². The highest BCUT2D eigenvalue weighted by molar-refractivity contribution is 7.12. The molecule has 5 aromatic heterocycles. The predicted molar refractivity (Wildman–Crippen MR) is 298 cm³/mol. The molecule has 0 aliphatic carbocycles. The molecule has 0 saturated carbocycles. The molecule has 9 aromatic rings. The van der Waals surface area contributed by atoms with E-state index in [1.54, 1.807) is 53.9 Å². The molecule has 11 rings (SSSR count). The highest BCUT2D eigenvalue weighted by Gasteiger charge is 2.14. The van der Waals surface area contributed by atoms with Crippen molar-refractivity contribution in [3.8, 4) is 0 Å². The molecule has 0 bridgehead atoms. The van der Waals surface area contributed by atoms with Crippen LogP contribution >= 0.6 is 22.9 Å². The number of benzene rings is 4. The smallest absolute Gasteiger partial charge is 0.270 e. The molecular formula is C54H60ClN11O8S. The lowest BCUT2D eigenvalue weighted by Gasteiger charge is -2.26. The molecule has 3 N–H and O–H groups in total. The Morgan fingerprint density at radius 2 is 1.05 bits per heavy atom. The molecular weight excluding hydrogens is 998 g/mol. The van der Waals surface area contributed by atoms with Crippen LogP contribution in [-0.4, -0.2) is 121 Å². The topological polar surface area (TPSA) is 223 Å². The number of nitro groups is 3. The number of fused-ring (bicyclic) bond motifs is 4. The molecule has 0 radical (unpaired) electrons. The number of amidine groups is 1. The van der Waals surface area contributed by atoms with Crippen LogP contribution in [0.5, 0.6) is 0 Å². The third-order valence-electron chi connectivity index (χ3n) is 12.9. The SMILES string of the molecule is NC(=Nc1ccc2c(ccn2CCCN2CCOCC2)c1)c1cccs1.O=[N+]([O-])c1ccc2[nH]ccc2c1.O=[N+]([O-])c1ccc2c(ccn2CCCCl)c1.O=[N+]([O-])c1ccc2c(ccn2CCCN2CCOCC2)c1. The number of hydrogen-bond donors (Lipinski definition) is 2. The molecule has 2 saturated heterocycles. The molecule has 21 heteroatoms. The number of hydrogen-bond acceptors (Lipinski definition) is 12. The number of aromatic nitrogens is 4. The van der Waals surface area contributed by atoms with Crippen LogP contribution in [0.3, 0.4) is 0 Å². The quantitative estimate of drug-likeness (QED) is 0.0304. The second-order valence-electron chi connectivity index (χ2n) is 17.9. The lowest BCUT2D eigenvalue weighted by Crippen LogP contribution is -2.37. The van der Waals surface area contributed by atoms with Crippen molar-refractivity contribution in [2.45, 2.75) is 38.9 Å². The zero-order valence-corrected chi connectivity index (χ0v) is 43.0. The maximum Gasteiger partial charge on any atom is 0.270 e. The van der Waals surface area contributed by atoms with Gasteiger partial charge in [0.1, 0.15) is 5.84 Å². The summed E-state index contributed by atoms with van der Waals surface area (Å²) >= 11 is 7.24. The number of morpholine rings is 2. The van der Waals surface area contributed by atoms with E-state index in [1.807, 2.05) is 60.2 Å². The second-order valence-corrected chi connectivity index (χ2v) is 19.2. The summed E-state index contributed by atoms with van der Waals surface area (Å²) < 4.78 is 17.3. The van der Waals surface area contributed by atoms with Crippen LogP contribution in [0.1, 0.15) is 24.1 Å². The number of thiophene rings is 1. The molecule has 4 aromatic carbocycles.